The van der Waals surface area contributed by atoms with Gasteiger partial charge in [0.05, 0.1) is 29.4 Å². The van der Waals surface area contributed by atoms with Crippen molar-refractivity contribution in [2.24, 2.45) is 0 Å². The van der Waals surface area contributed by atoms with Crippen molar-refractivity contribution < 1.29 is 5.11 Å². The van der Waals surface area contributed by atoms with Crippen LogP contribution in [0.25, 0.3) is 21.9 Å². The Balaban J connectivity index is 1.88. The van der Waals surface area contributed by atoms with E-state index in [0.29, 0.717) is 12.5 Å². The fourth-order valence-corrected chi connectivity index (χ4v) is 3.76. The Morgan fingerprint density at radius 2 is 1.88 bits per heavy atom. The molecule has 0 spiro atoms. The number of nitrogens with zero attached hydrogens (tertiary/aromatic N) is 5. The summed E-state index contributed by atoms with van der Waals surface area (Å²) in [5.74, 6) is 0.527. The molecule has 3 N–H and O–H groups in total. The van der Waals surface area contributed by atoms with Crippen LogP contribution in [-0.2, 0) is 6.54 Å². The van der Waals surface area contributed by atoms with Gasteiger partial charge < -0.3 is 15.8 Å². The Bertz CT molecular complexity index is 896. The standard InChI is InChI=1S/C18H26N6O/c1-18(2,25)12-23-15-8-7-14-16(13(15)11-20-23)24(17(19)21-14)22-9-5-3-4-6-10-22/h7-8,11,25H,3-6,9-10,12H2,1-2H3,(H2,19,21). The first kappa shape index (κ1) is 16.2. The molecule has 0 aliphatic carbocycles. The number of nitrogen functional groups attached to an aromatic ring is 1. The van der Waals surface area contributed by atoms with Crippen molar-refractivity contribution in [2.45, 2.75) is 51.7 Å². The second-order valence-electron chi connectivity index (χ2n) is 7.63. The van der Waals surface area contributed by atoms with E-state index in [4.69, 9.17) is 5.73 Å². The zero-order valence-electron chi connectivity index (χ0n) is 14.9. The van der Waals surface area contributed by atoms with Crippen LogP contribution >= 0.6 is 0 Å². The molecule has 2 aromatic heterocycles. The highest BCUT2D eigenvalue weighted by Gasteiger charge is 2.21. The number of hydrogen-bond donors (Lipinski definition) is 2. The van der Waals surface area contributed by atoms with E-state index in [2.05, 4.69) is 19.8 Å². The number of aliphatic hydroxyl groups is 1. The minimum atomic E-state index is -0.821. The Hall–Kier alpha value is -2.28. The largest absolute Gasteiger partial charge is 0.389 e. The molecule has 1 aromatic carbocycles. The SMILES string of the molecule is CC(C)(O)Cn1ncc2c1ccc1nc(N)n(N3CCCCCC3)c12. The van der Waals surface area contributed by atoms with Gasteiger partial charge in [0.1, 0.15) is 5.52 Å². The van der Waals surface area contributed by atoms with Crippen LogP contribution in [0.5, 0.6) is 0 Å². The van der Waals surface area contributed by atoms with Crippen LogP contribution in [0, 0.1) is 0 Å². The summed E-state index contributed by atoms with van der Waals surface area (Å²) in [4.78, 5) is 4.57. The molecule has 0 amide bonds. The van der Waals surface area contributed by atoms with Crippen molar-refractivity contribution >= 4 is 27.9 Å². The molecule has 0 unspecified atom stereocenters. The summed E-state index contributed by atoms with van der Waals surface area (Å²) in [5.41, 5.74) is 8.35. The number of nitrogens with two attached hydrogens (primary N) is 1. The second kappa shape index (κ2) is 5.91. The van der Waals surface area contributed by atoms with Gasteiger partial charge in [-0.25, -0.2) is 9.66 Å². The first-order chi connectivity index (χ1) is 11.9. The average molecular weight is 342 g/mol. The summed E-state index contributed by atoms with van der Waals surface area (Å²) in [6.45, 7) is 6.00. The number of rotatable bonds is 3. The minimum absolute atomic E-state index is 0.440. The summed E-state index contributed by atoms with van der Waals surface area (Å²) in [6.07, 6.45) is 6.74. The molecule has 0 radical (unpaired) electrons. The third-order valence-electron chi connectivity index (χ3n) is 4.84. The molecule has 7 nitrogen and oxygen atoms in total. The fraction of sp³-hybridized carbons (Fsp3) is 0.556. The Morgan fingerprint density at radius 1 is 1.16 bits per heavy atom. The van der Waals surface area contributed by atoms with E-state index in [0.717, 1.165) is 35.0 Å². The Labute approximate surface area is 147 Å². The van der Waals surface area contributed by atoms with Crippen LogP contribution in [0.1, 0.15) is 39.5 Å². The molecular weight excluding hydrogens is 316 g/mol. The second-order valence-corrected chi connectivity index (χ2v) is 7.63. The molecular formula is C18H26N6O. The topological polar surface area (TPSA) is 85.1 Å². The Morgan fingerprint density at radius 3 is 2.56 bits per heavy atom. The molecule has 25 heavy (non-hydrogen) atoms. The lowest BCUT2D eigenvalue weighted by Gasteiger charge is -2.25. The lowest BCUT2D eigenvalue weighted by Crippen LogP contribution is -2.36. The summed E-state index contributed by atoms with van der Waals surface area (Å²) < 4.78 is 3.92. The van der Waals surface area contributed by atoms with E-state index < -0.39 is 5.60 Å². The number of aromatic nitrogens is 4. The smallest absolute Gasteiger partial charge is 0.220 e. The van der Waals surface area contributed by atoms with Gasteiger partial charge in [-0.1, -0.05) is 12.8 Å². The van der Waals surface area contributed by atoms with Crippen molar-refractivity contribution in [2.75, 3.05) is 23.8 Å². The van der Waals surface area contributed by atoms with Crippen LogP contribution in [0.15, 0.2) is 18.3 Å². The molecule has 1 fully saturated rings. The predicted molar refractivity (Wildman–Crippen MR) is 100 cm³/mol. The van der Waals surface area contributed by atoms with Crippen molar-refractivity contribution in [1.29, 1.82) is 0 Å². The van der Waals surface area contributed by atoms with E-state index in [9.17, 15) is 5.11 Å². The Kier molecular flexibility index (Phi) is 3.83. The number of imidazole rings is 1. The van der Waals surface area contributed by atoms with Gasteiger partial charge in [0.15, 0.2) is 0 Å². The van der Waals surface area contributed by atoms with Crippen molar-refractivity contribution in [3.05, 3.63) is 18.3 Å². The number of benzene rings is 1. The average Bonchev–Trinajstić information content (AvgIpc) is 2.95. The van der Waals surface area contributed by atoms with Crippen molar-refractivity contribution in [3.8, 4) is 0 Å². The first-order valence-corrected chi connectivity index (χ1v) is 9.04. The van der Waals surface area contributed by atoms with E-state index >= 15 is 0 Å². The van der Waals surface area contributed by atoms with Crippen LogP contribution < -0.4 is 10.7 Å². The van der Waals surface area contributed by atoms with E-state index in [-0.39, 0.29) is 0 Å². The third-order valence-corrected chi connectivity index (χ3v) is 4.84. The van der Waals surface area contributed by atoms with Crippen LogP contribution in [0.4, 0.5) is 5.95 Å². The monoisotopic (exact) mass is 342 g/mol. The van der Waals surface area contributed by atoms with E-state index in [1.807, 2.05) is 23.0 Å². The number of anilines is 1. The molecule has 0 bridgehead atoms. The van der Waals surface area contributed by atoms with Crippen LogP contribution in [-0.4, -0.2) is 43.2 Å². The molecule has 1 saturated heterocycles. The lowest BCUT2D eigenvalue weighted by atomic mass is 10.1. The number of hydrogen-bond acceptors (Lipinski definition) is 5. The summed E-state index contributed by atoms with van der Waals surface area (Å²) in [7, 11) is 0. The highest BCUT2D eigenvalue weighted by Crippen LogP contribution is 2.29. The molecule has 0 atom stereocenters. The van der Waals surface area contributed by atoms with Crippen molar-refractivity contribution in [3.63, 3.8) is 0 Å². The molecule has 3 aromatic rings. The van der Waals surface area contributed by atoms with Gasteiger partial charge >= 0.3 is 0 Å². The van der Waals surface area contributed by atoms with Gasteiger partial charge in [-0.2, -0.15) is 5.10 Å². The first-order valence-electron chi connectivity index (χ1n) is 9.04. The molecule has 0 saturated carbocycles. The third kappa shape index (κ3) is 2.93. The van der Waals surface area contributed by atoms with Crippen molar-refractivity contribution in [1.82, 2.24) is 19.4 Å². The highest BCUT2D eigenvalue weighted by atomic mass is 16.3. The van der Waals surface area contributed by atoms with E-state index in [1.165, 1.54) is 25.7 Å². The molecule has 1 aliphatic heterocycles. The zero-order valence-corrected chi connectivity index (χ0v) is 14.9. The summed E-state index contributed by atoms with van der Waals surface area (Å²) >= 11 is 0. The fourth-order valence-electron chi connectivity index (χ4n) is 3.76. The summed E-state index contributed by atoms with van der Waals surface area (Å²) in [6, 6.07) is 4.00. The molecule has 4 rings (SSSR count). The van der Waals surface area contributed by atoms with Gasteiger partial charge in [-0.3, -0.25) is 4.68 Å². The van der Waals surface area contributed by atoms with Gasteiger partial charge in [0.25, 0.3) is 0 Å². The quantitative estimate of drug-likeness (QED) is 0.762. The van der Waals surface area contributed by atoms with Gasteiger partial charge in [-0.05, 0) is 38.8 Å². The minimum Gasteiger partial charge on any atom is -0.389 e. The number of fused-ring (bicyclic) bond motifs is 3. The zero-order chi connectivity index (χ0) is 17.6. The van der Waals surface area contributed by atoms with Crippen LogP contribution in [0.3, 0.4) is 0 Å². The van der Waals surface area contributed by atoms with E-state index in [1.54, 1.807) is 13.8 Å². The maximum atomic E-state index is 10.1. The molecule has 1 aliphatic rings. The molecule has 134 valence electrons. The van der Waals surface area contributed by atoms with Crippen LogP contribution in [0.2, 0.25) is 0 Å². The maximum absolute atomic E-state index is 10.1. The normalized spacial score (nSPS) is 16.7. The lowest BCUT2D eigenvalue weighted by molar-refractivity contribution is 0.0591. The molecule has 3 heterocycles. The summed E-state index contributed by atoms with van der Waals surface area (Å²) in [5, 5.41) is 18.0. The maximum Gasteiger partial charge on any atom is 0.220 e. The predicted octanol–water partition coefficient (Wildman–Crippen LogP) is 2.25. The van der Waals surface area contributed by atoms with Gasteiger partial charge in [0.2, 0.25) is 5.95 Å². The van der Waals surface area contributed by atoms with Gasteiger partial charge in [0, 0.05) is 18.5 Å². The van der Waals surface area contributed by atoms with Gasteiger partial charge in [-0.15, -0.1) is 0 Å². The molecule has 7 heteroatoms. The highest BCUT2D eigenvalue weighted by molar-refractivity contribution is 6.04.